The maximum atomic E-state index is 12.1. The Morgan fingerprint density at radius 1 is 1.26 bits per heavy atom. The van der Waals surface area contributed by atoms with Crippen LogP contribution in [0.25, 0.3) is 0 Å². The number of amides is 1. The van der Waals surface area contributed by atoms with Crippen LogP contribution in [0.1, 0.15) is 39.2 Å². The van der Waals surface area contributed by atoms with Crippen LogP contribution in [0.5, 0.6) is 0 Å². The highest BCUT2D eigenvalue weighted by atomic mass is 28.4. The van der Waals surface area contributed by atoms with Gasteiger partial charge in [0.05, 0.1) is 12.0 Å². The molecule has 1 saturated carbocycles. The van der Waals surface area contributed by atoms with Crippen molar-refractivity contribution in [3.63, 3.8) is 0 Å². The van der Waals surface area contributed by atoms with Crippen LogP contribution in [0.4, 0.5) is 4.79 Å². The first kappa shape index (κ1) is 21.5. The molecular weight excluding hydrogens is 356 g/mol. The number of ether oxygens (including phenoxy) is 1. The Hall–Kier alpha value is -1.84. The molecule has 148 valence electrons. The summed E-state index contributed by atoms with van der Waals surface area (Å²) in [5, 5.41) is 12.5. The van der Waals surface area contributed by atoms with Gasteiger partial charge in [-0.25, -0.2) is 4.79 Å². The number of nitrogens with zero attached hydrogens (tertiary/aromatic N) is 1. The number of rotatable bonds is 6. The maximum absolute atomic E-state index is 12.1. The first-order valence-corrected chi connectivity index (χ1v) is 12.5. The summed E-state index contributed by atoms with van der Waals surface area (Å²) in [5.41, 5.74) is 0.941. The van der Waals surface area contributed by atoms with Crippen molar-refractivity contribution in [2.24, 2.45) is 11.8 Å². The van der Waals surface area contributed by atoms with E-state index in [0.717, 1.165) is 18.4 Å². The summed E-state index contributed by atoms with van der Waals surface area (Å²) in [6.45, 7) is 12.0. The van der Waals surface area contributed by atoms with Gasteiger partial charge in [0, 0.05) is 12.6 Å². The van der Waals surface area contributed by atoms with E-state index in [1.807, 2.05) is 30.3 Å². The average molecular weight is 389 g/mol. The number of hydrogen-bond acceptors (Lipinski definition) is 4. The van der Waals surface area contributed by atoms with Crippen LogP contribution in [0, 0.1) is 23.2 Å². The van der Waals surface area contributed by atoms with Crippen LogP contribution in [0.15, 0.2) is 30.3 Å². The number of hydrogen-bond donors (Lipinski definition) is 1. The van der Waals surface area contributed by atoms with Gasteiger partial charge in [-0.15, -0.1) is 0 Å². The predicted octanol–water partition coefficient (Wildman–Crippen LogP) is 4.85. The van der Waals surface area contributed by atoms with E-state index in [9.17, 15) is 10.1 Å². The average Bonchev–Trinajstić information content (AvgIpc) is 3.00. The molecule has 0 aromatic heterocycles. The number of nitriles is 1. The molecule has 0 spiro atoms. The third-order valence-corrected chi connectivity index (χ3v) is 10.3. The summed E-state index contributed by atoms with van der Waals surface area (Å²) < 4.78 is 11.6. The predicted molar refractivity (Wildman–Crippen MR) is 109 cm³/mol. The van der Waals surface area contributed by atoms with Crippen molar-refractivity contribution in [1.29, 1.82) is 5.26 Å². The van der Waals surface area contributed by atoms with E-state index in [0.29, 0.717) is 12.5 Å². The molecule has 2 rings (SSSR count). The molecule has 1 amide bonds. The second-order valence-corrected chi connectivity index (χ2v) is 13.8. The Morgan fingerprint density at radius 3 is 2.52 bits per heavy atom. The second kappa shape index (κ2) is 8.90. The molecule has 1 N–H and O–H groups in total. The molecule has 0 unspecified atom stereocenters. The lowest BCUT2D eigenvalue weighted by Gasteiger charge is -2.37. The molecule has 0 radical (unpaired) electrons. The van der Waals surface area contributed by atoms with Gasteiger partial charge in [0.2, 0.25) is 0 Å². The molecule has 0 heterocycles. The van der Waals surface area contributed by atoms with Crippen molar-refractivity contribution in [2.75, 3.05) is 6.61 Å². The van der Waals surface area contributed by atoms with Gasteiger partial charge in [-0.3, -0.25) is 0 Å². The van der Waals surface area contributed by atoms with E-state index in [1.165, 1.54) is 0 Å². The van der Waals surface area contributed by atoms with Gasteiger partial charge < -0.3 is 14.5 Å². The highest BCUT2D eigenvalue weighted by molar-refractivity contribution is 6.74. The summed E-state index contributed by atoms with van der Waals surface area (Å²) in [4.78, 5) is 12.1. The normalized spacial score (nSPS) is 22.9. The minimum absolute atomic E-state index is 0.166. The lowest BCUT2D eigenvalue weighted by molar-refractivity contribution is 0.134. The second-order valence-electron chi connectivity index (χ2n) is 8.96. The van der Waals surface area contributed by atoms with Gasteiger partial charge in [0.25, 0.3) is 0 Å². The number of carbonyl (C=O) groups excluding carboxylic acids is 1. The van der Waals surface area contributed by atoms with Gasteiger partial charge in [-0.05, 0) is 42.5 Å². The fraction of sp³-hybridized carbons (Fsp3) is 0.619. The van der Waals surface area contributed by atoms with Crippen LogP contribution >= 0.6 is 0 Å². The number of benzene rings is 1. The Balaban J connectivity index is 1.83. The molecule has 5 nitrogen and oxygen atoms in total. The molecule has 1 aromatic rings. The zero-order valence-electron chi connectivity index (χ0n) is 17.1. The van der Waals surface area contributed by atoms with E-state index in [2.05, 4.69) is 45.3 Å². The molecule has 27 heavy (non-hydrogen) atoms. The highest BCUT2D eigenvalue weighted by Crippen LogP contribution is 2.38. The first-order chi connectivity index (χ1) is 12.6. The Kier molecular flexibility index (Phi) is 7.07. The summed E-state index contributed by atoms with van der Waals surface area (Å²) in [6.07, 6.45) is 1.05. The van der Waals surface area contributed by atoms with E-state index in [4.69, 9.17) is 9.16 Å². The van der Waals surface area contributed by atoms with E-state index < -0.39 is 14.4 Å². The van der Waals surface area contributed by atoms with Gasteiger partial charge in [-0.2, -0.15) is 5.26 Å². The van der Waals surface area contributed by atoms with Gasteiger partial charge in [-0.1, -0.05) is 51.1 Å². The van der Waals surface area contributed by atoms with Crippen molar-refractivity contribution in [1.82, 2.24) is 5.32 Å². The Morgan fingerprint density at radius 2 is 1.93 bits per heavy atom. The summed E-state index contributed by atoms with van der Waals surface area (Å²) in [6, 6.07) is 11.7. The lowest BCUT2D eigenvalue weighted by atomic mass is 10.1. The summed E-state index contributed by atoms with van der Waals surface area (Å²) in [7, 11) is -1.80. The largest absolute Gasteiger partial charge is 0.445 e. The van der Waals surface area contributed by atoms with Crippen molar-refractivity contribution >= 4 is 14.4 Å². The van der Waals surface area contributed by atoms with Gasteiger partial charge in [0.15, 0.2) is 8.32 Å². The third kappa shape index (κ3) is 6.08. The van der Waals surface area contributed by atoms with E-state index >= 15 is 0 Å². The fourth-order valence-corrected chi connectivity index (χ4v) is 4.13. The van der Waals surface area contributed by atoms with Gasteiger partial charge in [0.1, 0.15) is 6.61 Å². The van der Waals surface area contributed by atoms with Gasteiger partial charge >= 0.3 is 6.09 Å². The number of nitrogens with one attached hydrogen (secondary N) is 1. The fourth-order valence-electron chi connectivity index (χ4n) is 3.04. The third-order valence-electron chi connectivity index (χ3n) is 5.83. The highest BCUT2D eigenvalue weighted by Gasteiger charge is 2.40. The Labute approximate surface area is 164 Å². The van der Waals surface area contributed by atoms with Crippen LogP contribution < -0.4 is 5.32 Å². The molecule has 6 heteroatoms. The first-order valence-electron chi connectivity index (χ1n) is 9.63. The summed E-state index contributed by atoms with van der Waals surface area (Å²) in [5.74, 6) is 0.102. The standard InChI is InChI=1S/C21H32N2O3Si/c1-21(2,3)27(4,5)26-15-17-11-18(13-22)19(12-17)23-20(24)25-14-16-9-7-6-8-10-16/h6-10,17-19H,11-12,14-15H2,1-5H3,(H,23,24)/t17-,18+,19-/m1/s1. The molecule has 1 aliphatic rings. The smallest absolute Gasteiger partial charge is 0.407 e. The monoisotopic (exact) mass is 388 g/mol. The molecule has 1 aliphatic carbocycles. The quantitative estimate of drug-likeness (QED) is 0.707. The number of alkyl carbamates (subject to hydrolysis) is 1. The molecule has 1 aromatic carbocycles. The van der Waals surface area contributed by atoms with Crippen LogP contribution in [-0.4, -0.2) is 27.1 Å². The maximum Gasteiger partial charge on any atom is 0.407 e. The number of carbonyl (C=O) groups is 1. The minimum Gasteiger partial charge on any atom is -0.445 e. The zero-order valence-corrected chi connectivity index (χ0v) is 18.1. The molecule has 0 saturated heterocycles. The van der Waals surface area contributed by atoms with Crippen molar-refractivity contribution in [3.8, 4) is 6.07 Å². The molecule has 3 atom stereocenters. The van der Waals surface area contributed by atoms with E-state index in [1.54, 1.807) is 0 Å². The van der Waals surface area contributed by atoms with Crippen LogP contribution in [-0.2, 0) is 15.8 Å². The summed E-state index contributed by atoms with van der Waals surface area (Å²) >= 11 is 0. The lowest BCUT2D eigenvalue weighted by Crippen LogP contribution is -2.42. The van der Waals surface area contributed by atoms with Crippen molar-refractivity contribution < 1.29 is 14.0 Å². The van der Waals surface area contributed by atoms with Crippen molar-refractivity contribution in [2.45, 2.75) is 64.4 Å². The topological polar surface area (TPSA) is 71.3 Å². The zero-order chi connectivity index (χ0) is 20.1. The van der Waals surface area contributed by atoms with Crippen molar-refractivity contribution in [3.05, 3.63) is 35.9 Å². The SMILES string of the molecule is CC(C)(C)[Si](C)(C)OC[C@@H]1C[C@@H](C#N)[C@H](NC(=O)OCc2ccccc2)C1. The van der Waals surface area contributed by atoms with Crippen LogP contribution in [0.3, 0.4) is 0 Å². The minimum atomic E-state index is -1.80. The van der Waals surface area contributed by atoms with Crippen LogP contribution in [0.2, 0.25) is 18.1 Å². The molecule has 0 bridgehead atoms. The molecular formula is C21H32N2O3Si. The Bertz CT molecular complexity index is 664. The molecule has 1 fully saturated rings. The van der Waals surface area contributed by atoms with E-state index in [-0.39, 0.29) is 23.6 Å². The molecule has 0 aliphatic heterocycles.